The predicted octanol–water partition coefficient (Wildman–Crippen LogP) is 4.39. The van der Waals surface area contributed by atoms with Crippen molar-refractivity contribution in [1.29, 1.82) is 0 Å². The summed E-state index contributed by atoms with van der Waals surface area (Å²) in [6.07, 6.45) is 0.401. The fourth-order valence-electron chi connectivity index (χ4n) is 2.65. The molecule has 0 radical (unpaired) electrons. The van der Waals surface area contributed by atoms with Gasteiger partial charge in [0.25, 0.3) is 0 Å². The van der Waals surface area contributed by atoms with E-state index in [0.29, 0.717) is 61.3 Å². The molecule has 6 nitrogen and oxygen atoms in total. The average molecular weight is 390 g/mol. The van der Waals surface area contributed by atoms with Gasteiger partial charge in [-0.1, -0.05) is 18.2 Å². The third kappa shape index (κ3) is 6.04. The molecule has 0 saturated heterocycles. The minimum absolute atomic E-state index is 0.279. The molecule has 0 aliphatic rings. The van der Waals surface area contributed by atoms with Gasteiger partial charge >= 0.3 is 6.03 Å². The van der Waals surface area contributed by atoms with Crippen LogP contribution in [0.5, 0.6) is 17.2 Å². The van der Waals surface area contributed by atoms with E-state index in [4.69, 9.17) is 14.2 Å². The lowest BCUT2D eigenvalue weighted by atomic mass is 10.1. The maximum atomic E-state index is 13.6. The van der Waals surface area contributed by atoms with Crippen LogP contribution in [0.4, 0.5) is 14.9 Å². The largest absolute Gasteiger partial charge is 0.490 e. The van der Waals surface area contributed by atoms with Crippen molar-refractivity contribution in [3.63, 3.8) is 0 Å². The number of benzene rings is 2. The Morgan fingerprint density at radius 1 is 0.964 bits per heavy atom. The van der Waals surface area contributed by atoms with Crippen LogP contribution in [0, 0.1) is 5.82 Å². The lowest BCUT2D eigenvalue weighted by Crippen LogP contribution is -2.30. The maximum Gasteiger partial charge on any atom is 0.319 e. The summed E-state index contributed by atoms with van der Waals surface area (Å²) in [4.78, 5) is 12.2. The first kappa shape index (κ1) is 21.3. The van der Waals surface area contributed by atoms with Crippen LogP contribution in [-0.4, -0.2) is 32.4 Å². The van der Waals surface area contributed by atoms with E-state index in [9.17, 15) is 9.18 Å². The van der Waals surface area contributed by atoms with Gasteiger partial charge < -0.3 is 24.8 Å². The fraction of sp³-hybridized carbons (Fsp3) is 0.381. The summed E-state index contributed by atoms with van der Waals surface area (Å²) in [5, 5.41) is 5.47. The molecule has 0 fully saturated rings. The third-order valence-electron chi connectivity index (χ3n) is 3.80. The Labute approximate surface area is 165 Å². The van der Waals surface area contributed by atoms with Gasteiger partial charge in [0.1, 0.15) is 5.82 Å². The second kappa shape index (κ2) is 11.0. The first-order valence-electron chi connectivity index (χ1n) is 9.43. The number of amides is 2. The van der Waals surface area contributed by atoms with Crippen LogP contribution in [0.25, 0.3) is 0 Å². The van der Waals surface area contributed by atoms with Crippen LogP contribution in [0.1, 0.15) is 26.3 Å². The molecule has 0 heterocycles. The number of hydrogen-bond acceptors (Lipinski definition) is 4. The molecule has 28 heavy (non-hydrogen) atoms. The standard InChI is InChI=1S/C21H27FN2O4/c1-4-26-18-13-16(14-19(27-5-2)20(18)28-6-3)24-21(25)23-12-11-15-9-7-8-10-17(15)22/h7-10,13-14H,4-6,11-12H2,1-3H3,(H2,23,24,25). The molecule has 2 amide bonds. The number of halogens is 1. The number of carbonyl (C=O) groups excluding carboxylic acids is 1. The SMILES string of the molecule is CCOc1cc(NC(=O)NCCc2ccccc2F)cc(OCC)c1OCC. The molecule has 152 valence electrons. The van der Waals surface area contributed by atoms with Crippen molar-refractivity contribution < 1.29 is 23.4 Å². The highest BCUT2D eigenvalue weighted by Crippen LogP contribution is 2.40. The van der Waals surface area contributed by atoms with Crippen LogP contribution in [0.2, 0.25) is 0 Å². The molecule has 0 unspecified atom stereocenters. The van der Waals surface area contributed by atoms with Crippen molar-refractivity contribution in [3.8, 4) is 17.2 Å². The Hall–Kier alpha value is -2.96. The van der Waals surface area contributed by atoms with Crippen LogP contribution < -0.4 is 24.8 Å². The maximum absolute atomic E-state index is 13.6. The molecule has 0 spiro atoms. The van der Waals surface area contributed by atoms with Gasteiger partial charge in [-0.2, -0.15) is 0 Å². The Kier molecular flexibility index (Phi) is 8.39. The minimum atomic E-state index is -0.398. The molecule has 7 heteroatoms. The highest BCUT2D eigenvalue weighted by atomic mass is 19.1. The Bertz CT molecular complexity index is 756. The lowest BCUT2D eigenvalue weighted by Gasteiger charge is -2.17. The van der Waals surface area contributed by atoms with Gasteiger partial charge in [-0.25, -0.2) is 9.18 Å². The van der Waals surface area contributed by atoms with Gasteiger partial charge in [0.15, 0.2) is 11.5 Å². The number of nitrogens with one attached hydrogen (secondary N) is 2. The molecule has 2 aromatic rings. The summed E-state index contributed by atoms with van der Waals surface area (Å²) in [6, 6.07) is 9.48. The van der Waals surface area contributed by atoms with E-state index in [1.807, 2.05) is 20.8 Å². The smallest absolute Gasteiger partial charge is 0.319 e. The van der Waals surface area contributed by atoms with Gasteiger partial charge in [0.05, 0.1) is 25.5 Å². The molecule has 0 aromatic heterocycles. The van der Waals surface area contributed by atoms with Crippen LogP contribution in [-0.2, 0) is 6.42 Å². The van der Waals surface area contributed by atoms with Crippen molar-refractivity contribution >= 4 is 11.7 Å². The van der Waals surface area contributed by atoms with Crippen LogP contribution in [0.15, 0.2) is 36.4 Å². The zero-order valence-electron chi connectivity index (χ0n) is 16.5. The molecule has 0 aliphatic carbocycles. The van der Waals surface area contributed by atoms with E-state index in [1.165, 1.54) is 6.07 Å². The number of anilines is 1. The van der Waals surface area contributed by atoms with Gasteiger partial charge in [0.2, 0.25) is 5.75 Å². The molecule has 0 bridgehead atoms. The van der Waals surface area contributed by atoms with Crippen LogP contribution >= 0.6 is 0 Å². The lowest BCUT2D eigenvalue weighted by molar-refractivity contribution is 0.252. The fourth-order valence-corrected chi connectivity index (χ4v) is 2.65. The monoisotopic (exact) mass is 390 g/mol. The summed E-state index contributed by atoms with van der Waals surface area (Å²) in [5.41, 5.74) is 1.07. The van der Waals surface area contributed by atoms with Gasteiger partial charge in [-0.15, -0.1) is 0 Å². The second-order valence-corrected chi connectivity index (χ2v) is 5.82. The first-order chi connectivity index (χ1) is 13.6. The molecule has 2 rings (SSSR count). The summed E-state index contributed by atoms with van der Waals surface area (Å²) in [7, 11) is 0. The van der Waals surface area contributed by atoms with Gasteiger partial charge in [-0.3, -0.25) is 0 Å². The second-order valence-electron chi connectivity index (χ2n) is 5.82. The Morgan fingerprint density at radius 3 is 2.14 bits per heavy atom. The molecule has 2 N–H and O–H groups in total. The topological polar surface area (TPSA) is 68.8 Å². The molecular formula is C21H27FN2O4. The van der Waals surface area contributed by atoms with E-state index in [2.05, 4.69) is 10.6 Å². The zero-order chi connectivity index (χ0) is 20.4. The Balaban J connectivity index is 2.04. The van der Waals surface area contributed by atoms with E-state index in [0.717, 1.165) is 0 Å². The quantitative estimate of drug-likeness (QED) is 0.631. The number of urea groups is 1. The third-order valence-corrected chi connectivity index (χ3v) is 3.80. The number of hydrogen-bond donors (Lipinski definition) is 2. The first-order valence-corrected chi connectivity index (χ1v) is 9.43. The Morgan fingerprint density at radius 2 is 1.57 bits per heavy atom. The summed E-state index contributed by atoms with van der Waals surface area (Å²) >= 11 is 0. The van der Waals surface area contributed by atoms with Crippen molar-refractivity contribution in [2.24, 2.45) is 0 Å². The predicted molar refractivity (Wildman–Crippen MR) is 107 cm³/mol. The number of carbonyl (C=O) groups is 1. The number of ether oxygens (including phenoxy) is 3. The van der Waals surface area contributed by atoms with E-state index in [-0.39, 0.29) is 5.82 Å². The molecule has 2 aromatic carbocycles. The summed E-state index contributed by atoms with van der Waals surface area (Å²) < 4.78 is 30.5. The highest BCUT2D eigenvalue weighted by Gasteiger charge is 2.16. The molecule has 0 saturated carbocycles. The van der Waals surface area contributed by atoms with E-state index < -0.39 is 6.03 Å². The van der Waals surface area contributed by atoms with Crippen molar-refractivity contribution in [1.82, 2.24) is 5.32 Å². The summed E-state index contributed by atoms with van der Waals surface area (Å²) in [5.74, 6) is 1.23. The van der Waals surface area contributed by atoms with Crippen molar-refractivity contribution in [2.75, 3.05) is 31.7 Å². The molecule has 0 atom stereocenters. The van der Waals surface area contributed by atoms with Gasteiger partial charge in [0, 0.05) is 18.7 Å². The zero-order valence-corrected chi connectivity index (χ0v) is 16.5. The minimum Gasteiger partial charge on any atom is -0.490 e. The summed E-state index contributed by atoms with van der Waals surface area (Å²) in [6.45, 7) is 7.27. The molecular weight excluding hydrogens is 363 g/mol. The van der Waals surface area contributed by atoms with E-state index in [1.54, 1.807) is 30.3 Å². The van der Waals surface area contributed by atoms with Crippen LogP contribution in [0.3, 0.4) is 0 Å². The highest BCUT2D eigenvalue weighted by molar-refractivity contribution is 5.90. The van der Waals surface area contributed by atoms with Crippen molar-refractivity contribution in [3.05, 3.63) is 47.8 Å². The average Bonchev–Trinajstić information content (AvgIpc) is 2.66. The van der Waals surface area contributed by atoms with Crippen molar-refractivity contribution in [2.45, 2.75) is 27.2 Å². The molecule has 0 aliphatic heterocycles. The number of rotatable bonds is 10. The van der Waals surface area contributed by atoms with Gasteiger partial charge in [-0.05, 0) is 38.8 Å². The van der Waals surface area contributed by atoms with E-state index >= 15 is 0 Å². The normalized spacial score (nSPS) is 10.3.